The molecule has 3 aromatic rings. The van der Waals surface area contributed by atoms with Crippen molar-refractivity contribution in [2.45, 2.75) is 12.7 Å². The Morgan fingerprint density at radius 3 is 2.21 bits per heavy atom. The Balaban J connectivity index is 0.000000231. The molecule has 3 aromatic carbocycles. The van der Waals surface area contributed by atoms with E-state index in [1.165, 1.54) is 12.7 Å². The van der Waals surface area contributed by atoms with Crippen LogP contribution in [0.2, 0.25) is 0 Å². The minimum atomic E-state index is -0.901. The zero-order valence-corrected chi connectivity index (χ0v) is 15.4. The number of rotatable bonds is 5. The summed E-state index contributed by atoms with van der Waals surface area (Å²) in [6.45, 7) is 0.802. The number of carbonyl (C=O) groups is 2. The van der Waals surface area contributed by atoms with Gasteiger partial charge in [0.15, 0.2) is 6.29 Å². The lowest BCUT2D eigenvalue weighted by atomic mass is 10.1. The molecule has 1 unspecified atom stereocenters. The van der Waals surface area contributed by atoms with Crippen LogP contribution in [0.4, 0.5) is 0 Å². The largest absolute Gasteiger partial charge is 0.488 e. The average Bonchev–Trinajstić information content (AvgIpc) is 2.74. The SMILES string of the molecule is COC(=O)C(Oc1ccccc1C=O)c1ccccc1.c1ccc2c(c1)CO2. The average molecular weight is 376 g/mol. The number of carbonyl (C=O) groups excluding carboxylic acids is 2. The van der Waals surface area contributed by atoms with E-state index in [2.05, 4.69) is 6.07 Å². The second-order valence-corrected chi connectivity index (χ2v) is 5.98. The molecule has 0 aromatic heterocycles. The lowest BCUT2D eigenvalue weighted by molar-refractivity contribution is -0.149. The van der Waals surface area contributed by atoms with Gasteiger partial charge in [0.05, 0.1) is 12.7 Å². The Morgan fingerprint density at radius 1 is 0.964 bits per heavy atom. The number of fused-ring (bicyclic) bond motifs is 1. The predicted molar refractivity (Wildman–Crippen MR) is 104 cm³/mol. The summed E-state index contributed by atoms with van der Waals surface area (Å²) < 4.78 is 15.5. The van der Waals surface area contributed by atoms with Gasteiger partial charge in [0.25, 0.3) is 0 Å². The maximum atomic E-state index is 11.9. The predicted octanol–water partition coefficient (Wildman–Crippen LogP) is 4.37. The maximum absolute atomic E-state index is 11.9. The Hall–Kier alpha value is -3.60. The molecule has 0 N–H and O–H groups in total. The second-order valence-electron chi connectivity index (χ2n) is 5.98. The molecule has 0 spiro atoms. The van der Waals surface area contributed by atoms with Gasteiger partial charge in [-0.05, 0) is 18.2 Å². The van der Waals surface area contributed by atoms with Gasteiger partial charge in [-0.1, -0.05) is 60.7 Å². The van der Waals surface area contributed by atoms with E-state index in [4.69, 9.17) is 14.2 Å². The Morgan fingerprint density at radius 2 is 1.64 bits per heavy atom. The number of hydrogen-bond donors (Lipinski definition) is 0. The summed E-state index contributed by atoms with van der Waals surface area (Å²) in [5.74, 6) is 0.881. The van der Waals surface area contributed by atoms with Crippen molar-refractivity contribution in [3.8, 4) is 11.5 Å². The first-order valence-electron chi connectivity index (χ1n) is 8.77. The van der Waals surface area contributed by atoms with Gasteiger partial charge in [0.2, 0.25) is 6.10 Å². The Kier molecular flexibility index (Phi) is 6.41. The smallest absolute Gasteiger partial charge is 0.351 e. The van der Waals surface area contributed by atoms with E-state index in [0.717, 1.165) is 12.4 Å². The first kappa shape index (κ1) is 19.2. The molecule has 1 aliphatic heterocycles. The lowest BCUT2D eigenvalue weighted by Crippen LogP contribution is -2.20. The molecule has 4 rings (SSSR count). The zero-order chi connectivity index (χ0) is 19.8. The van der Waals surface area contributed by atoms with Crippen LogP contribution in [0.3, 0.4) is 0 Å². The normalized spacial score (nSPS) is 12.0. The number of benzene rings is 3. The highest BCUT2D eigenvalue weighted by molar-refractivity contribution is 5.80. The highest BCUT2D eigenvalue weighted by atomic mass is 16.6. The molecule has 0 aliphatic carbocycles. The number of hydrogen-bond acceptors (Lipinski definition) is 5. The second kappa shape index (κ2) is 9.37. The van der Waals surface area contributed by atoms with E-state index < -0.39 is 12.1 Å². The van der Waals surface area contributed by atoms with Gasteiger partial charge >= 0.3 is 5.97 Å². The summed E-state index contributed by atoms with van der Waals surface area (Å²) in [5, 5.41) is 0. The quantitative estimate of drug-likeness (QED) is 0.489. The first-order chi connectivity index (χ1) is 13.7. The van der Waals surface area contributed by atoms with E-state index in [1.807, 2.05) is 24.3 Å². The van der Waals surface area contributed by atoms with E-state index in [1.54, 1.807) is 48.5 Å². The molecular weight excluding hydrogens is 356 g/mol. The van der Waals surface area contributed by atoms with Crippen molar-refractivity contribution < 1.29 is 23.8 Å². The van der Waals surface area contributed by atoms with Gasteiger partial charge < -0.3 is 14.2 Å². The monoisotopic (exact) mass is 376 g/mol. The molecule has 0 bridgehead atoms. The number of methoxy groups -OCH3 is 1. The third kappa shape index (κ3) is 4.57. The zero-order valence-electron chi connectivity index (χ0n) is 15.4. The van der Waals surface area contributed by atoms with E-state index in [9.17, 15) is 9.59 Å². The van der Waals surface area contributed by atoms with Crippen LogP contribution < -0.4 is 9.47 Å². The number of ether oxygens (including phenoxy) is 3. The van der Waals surface area contributed by atoms with Crippen molar-refractivity contribution in [2.24, 2.45) is 0 Å². The number of para-hydroxylation sites is 2. The minimum Gasteiger partial charge on any atom is -0.488 e. The molecule has 1 heterocycles. The third-order valence-electron chi connectivity index (χ3n) is 4.16. The standard InChI is InChI=1S/C16H14O4.C7H6O/c1-19-16(18)15(12-7-3-2-4-8-12)20-14-10-6-5-9-13(14)11-17;1-2-4-7-6(3-1)5-8-7/h2-11,15H,1H3;1-4H,5H2. The summed E-state index contributed by atoms with van der Waals surface area (Å²) in [5.41, 5.74) is 2.38. The molecule has 0 saturated heterocycles. The van der Waals surface area contributed by atoms with Crippen LogP contribution in [0.1, 0.15) is 27.6 Å². The van der Waals surface area contributed by atoms with Crippen molar-refractivity contribution in [3.05, 3.63) is 95.6 Å². The highest BCUT2D eigenvalue weighted by Crippen LogP contribution is 2.27. The van der Waals surface area contributed by atoms with Gasteiger partial charge in [-0.25, -0.2) is 4.79 Å². The van der Waals surface area contributed by atoms with Crippen LogP contribution in [0.25, 0.3) is 0 Å². The highest BCUT2D eigenvalue weighted by Gasteiger charge is 2.24. The minimum absolute atomic E-state index is 0.349. The maximum Gasteiger partial charge on any atom is 0.351 e. The molecule has 5 nitrogen and oxygen atoms in total. The summed E-state index contributed by atoms with van der Waals surface area (Å²) in [7, 11) is 1.30. The molecule has 0 saturated carbocycles. The van der Waals surface area contributed by atoms with Crippen molar-refractivity contribution >= 4 is 12.3 Å². The fourth-order valence-electron chi connectivity index (χ4n) is 2.64. The fraction of sp³-hybridized carbons (Fsp3) is 0.130. The van der Waals surface area contributed by atoms with Crippen molar-refractivity contribution in [2.75, 3.05) is 7.11 Å². The van der Waals surface area contributed by atoms with E-state index in [0.29, 0.717) is 23.2 Å². The first-order valence-corrected chi connectivity index (χ1v) is 8.77. The fourth-order valence-corrected chi connectivity index (χ4v) is 2.64. The van der Waals surface area contributed by atoms with E-state index >= 15 is 0 Å². The van der Waals surface area contributed by atoms with Crippen LogP contribution in [0, 0.1) is 0 Å². The molecule has 0 radical (unpaired) electrons. The molecular formula is C23H20O5. The van der Waals surface area contributed by atoms with Gasteiger partial charge in [-0.15, -0.1) is 0 Å². The van der Waals surface area contributed by atoms with Crippen LogP contribution >= 0.6 is 0 Å². The molecule has 5 heteroatoms. The summed E-state index contributed by atoms with van der Waals surface area (Å²) >= 11 is 0. The van der Waals surface area contributed by atoms with Crippen molar-refractivity contribution in [1.29, 1.82) is 0 Å². The summed E-state index contributed by atoms with van der Waals surface area (Å²) in [6, 6.07) is 23.8. The van der Waals surface area contributed by atoms with Gasteiger partial charge in [0.1, 0.15) is 18.1 Å². The third-order valence-corrected chi connectivity index (χ3v) is 4.16. The topological polar surface area (TPSA) is 61.8 Å². The van der Waals surface area contributed by atoms with Gasteiger partial charge in [-0.2, -0.15) is 0 Å². The lowest BCUT2D eigenvalue weighted by Gasteiger charge is -2.18. The van der Waals surface area contributed by atoms with Crippen LogP contribution in [0.15, 0.2) is 78.9 Å². The van der Waals surface area contributed by atoms with Crippen LogP contribution in [-0.2, 0) is 16.1 Å². The van der Waals surface area contributed by atoms with Crippen LogP contribution in [0.5, 0.6) is 11.5 Å². The van der Waals surface area contributed by atoms with Crippen LogP contribution in [-0.4, -0.2) is 19.4 Å². The van der Waals surface area contributed by atoms with E-state index in [-0.39, 0.29) is 0 Å². The number of esters is 1. The van der Waals surface area contributed by atoms with Gasteiger partial charge in [0, 0.05) is 11.1 Å². The number of aldehydes is 1. The summed E-state index contributed by atoms with van der Waals surface area (Å²) in [6.07, 6.45) is -0.211. The molecule has 1 aliphatic rings. The van der Waals surface area contributed by atoms with Crippen molar-refractivity contribution in [1.82, 2.24) is 0 Å². The molecule has 1 atom stereocenters. The molecule has 28 heavy (non-hydrogen) atoms. The Labute approximate surface area is 163 Å². The Bertz CT molecular complexity index is 913. The molecule has 0 fully saturated rings. The molecule has 142 valence electrons. The van der Waals surface area contributed by atoms with Crippen molar-refractivity contribution in [3.63, 3.8) is 0 Å². The molecule has 0 amide bonds. The van der Waals surface area contributed by atoms with Gasteiger partial charge in [-0.3, -0.25) is 4.79 Å². The summed E-state index contributed by atoms with van der Waals surface area (Å²) in [4.78, 5) is 22.9.